The summed E-state index contributed by atoms with van der Waals surface area (Å²) in [4.78, 5) is 10.6. The first-order chi connectivity index (χ1) is 11.3. The van der Waals surface area contributed by atoms with Gasteiger partial charge in [0.15, 0.2) is 5.75 Å². The van der Waals surface area contributed by atoms with Gasteiger partial charge in [0, 0.05) is 31.6 Å². The normalized spacial score (nSPS) is 21.5. The van der Waals surface area contributed by atoms with Crippen LogP contribution in [0.1, 0.15) is 36.6 Å². The van der Waals surface area contributed by atoms with Crippen LogP contribution in [0.3, 0.4) is 0 Å². The third kappa shape index (κ3) is 3.44. The molecule has 7 nitrogen and oxygen atoms in total. The lowest BCUT2D eigenvalue weighted by molar-refractivity contribution is 0.182. The molecule has 7 heteroatoms. The van der Waals surface area contributed by atoms with Crippen LogP contribution in [0, 0.1) is 0 Å². The third-order valence-corrected chi connectivity index (χ3v) is 4.28. The Labute approximate surface area is 134 Å². The zero-order valence-electron chi connectivity index (χ0n) is 13.1. The molecule has 0 amide bonds. The molecule has 1 saturated carbocycles. The Balaban J connectivity index is 1.29. The molecular formula is C16H20N4O3. The second kappa shape index (κ2) is 6.16. The summed E-state index contributed by atoms with van der Waals surface area (Å²) in [6.07, 6.45) is 6.76. The highest BCUT2D eigenvalue weighted by Gasteiger charge is 2.29. The highest BCUT2D eigenvalue weighted by atomic mass is 16.5. The van der Waals surface area contributed by atoms with Gasteiger partial charge >= 0.3 is 6.01 Å². The lowest BCUT2D eigenvalue weighted by Crippen LogP contribution is -2.25. The first kappa shape index (κ1) is 14.4. The largest absolute Gasteiger partial charge is 0.494 e. The van der Waals surface area contributed by atoms with Crippen LogP contribution in [0.25, 0.3) is 0 Å². The number of nitrogens with zero attached hydrogens (tertiary/aromatic N) is 4. The molecule has 0 spiro atoms. The number of ether oxygens (including phenoxy) is 2. The number of rotatable bonds is 6. The molecule has 0 aromatic carbocycles. The average molecular weight is 316 g/mol. The van der Waals surface area contributed by atoms with E-state index in [4.69, 9.17) is 14.0 Å². The summed E-state index contributed by atoms with van der Waals surface area (Å²) in [5, 5.41) is 4.17. The third-order valence-electron chi connectivity index (χ3n) is 4.28. The van der Waals surface area contributed by atoms with Crippen molar-refractivity contribution in [1.82, 2.24) is 20.0 Å². The first-order valence-corrected chi connectivity index (χ1v) is 8.00. The Kier molecular flexibility index (Phi) is 3.87. The molecule has 122 valence electrons. The van der Waals surface area contributed by atoms with Gasteiger partial charge in [-0.1, -0.05) is 5.16 Å². The molecular weight excluding hydrogens is 296 g/mol. The molecule has 2 aromatic rings. The molecule has 2 aromatic heterocycles. The Bertz CT molecular complexity index is 654. The van der Waals surface area contributed by atoms with Crippen molar-refractivity contribution in [1.29, 1.82) is 0 Å². The summed E-state index contributed by atoms with van der Waals surface area (Å²) in [6.45, 7) is 2.63. The van der Waals surface area contributed by atoms with Crippen molar-refractivity contribution in [3.63, 3.8) is 0 Å². The van der Waals surface area contributed by atoms with Gasteiger partial charge < -0.3 is 14.0 Å². The predicted molar refractivity (Wildman–Crippen MR) is 81.4 cm³/mol. The van der Waals surface area contributed by atoms with Crippen LogP contribution in [0.4, 0.5) is 0 Å². The number of methoxy groups -OCH3 is 1. The first-order valence-electron chi connectivity index (χ1n) is 8.00. The molecule has 23 heavy (non-hydrogen) atoms. The summed E-state index contributed by atoms with van der Waals surface area (Å²) in [6, 6.07) is 2.49. The van der Waals surface area contributed by atoms with Crippen LogP contribution < -0.4 is 9.47 Å². The van der Waals surface area contributed by atoms with Gasteiger partial charge in [-0.2, -0.15) is 9.97 Å². The van der Waals surface area contributed by atoms with Crippen molar-refractivity contribution < 1.29 is 14.0 Å². The van der Waals surface area contributed by atoms with Gasteiger partial charge in [0.25, 0.3) is 0 Å². The molecule has 1 unspecified atom stereocenters. The van der Waals surface area contributed by atoms with Crippen molar-refractivity contribution in [2.45, 2.75) is 37.8 Å². The van der Waals surface area contributed by atoms with Gasteiger partial charge in [-0.15, -0.1) is 0 Å². The zero-order valence-corrected chi connectivity index (χ0v) is 13.1. The number of likely N-dealkylation sites (tertiary alicyclic amines) is 1. The van der Waals surface area contributed by atoms with E-state index >= 15 is 0 Å². The highest BCUT2D eigenvalue weighted by Crippen LogP contribution is 2.40. The molecule has 4 rings (SSSR count). The number of hydrogen-bond donors (Lipinski definition) is 0. The number of aromatic nitrogens is 3. The summed E-state index contributed by atoms with van der Waals surface area (Å²) < 4.78 is 16.3. The van der Waals surface area contributed by atoms with Crippen LogP contribution >= 0.6 is 0 Å². The lowest BCUT2D eigenvalue weighted by atomic mass is 10.3. The van der Waals surface area contributed by atoms with Gasteiger partial charge in [-0.25, -0.2) is 0 Å². The molecule has 0 N–H and O–H groups in total. The summed E-state index contributed by atoms with van der Waals surface area (Å²) in [5.41, 5.74) is 1.01. The fourth-order valence-electron chi connectivity index (χ4n) is 2.85. The van der Waals surface area contributed by atoms with E-state index in [1.807, 2.05) is 0 Å². The maximum atomic E-state index is 5.83. The van der Waals surface area contributed by atoms with E-state index in [0.29, 0.717) is 17.7 Å². The molecule has 1 saturated heterocycles. The average Bonchev–Trinajstić information content (AvgIpc) is 3.17. The summed E-state index contributed by atoms with van der Waals surface area (Å²) >= 11 is 0. The van der Waals surface area contributed by atoms with Crippen LogP contribution in [-0.4, -0.2) is 46.3 Å². The Morgan fingerprint density at radius 1 is 1.26 bits per heavy atom. The molecule has 2 aliphatic rings. The van der Waals surface area contributed by atoms with Gasteiger partial charge in [0.1, 0.15) is 11.9 Å². The minimum Gasteiger partial charge on any atom is -0.494 e. The highest BCUT2D eigenvalue weighted by molar-refractivity contribution is 5.15. The number of hydrogen-bond acceptors (Lipinski definition) is 7. The Hall–Kier alpha value is -2.15. The van der Waals surface area contributed by atoms with Crippen molar-refractivity contribution in [2.75, 3.05) is 20.2 Å². The fraction of sp³-hybridized carbons (Fsp3) is 0.562. The van der Waals surface area contributed by atoms with Gasteiger partial charge in [-0.05, 0) is 19.3 Å². The van der Waals surface area contributed by atoms with E-state index in [2.05, 4.69) is 26.1 Å². The quantitative estimate of drug-likeness (QED) is 0.807. The van der Waals surface area contributed by atoms with Crippen LogP contribution in [0.5, 0.6) is 11.8 Å². The molecule has 0 radical (unpaired) electrons. The maximum Gasteiger partial charge on any atom is 0.316 e. The van der Waals surface area contributed by atoms with Gasteiger partial charge in [-0.3, -0.25) is 4.90 Å². The van der Waals surface area contributed by atoms with E-state index in [0.717, 1.165) is 37.5 Å². The molecule has 1 atom stereocenters. The topological polar surface area (TPSA) is 73.5 Å². The SMILES string of the molecule is COc1cnc(OC2CCN(Cc3cc(C4CC4)on3)C2)nc1. The summed E-state index contributed by atoms with van der Waals surface area (Å²) in [5.74, 6) is 2.28. The maximum absolute atomic E-state index is 5.83. The predicted octanol–water partition coefficient (Wildman–Crippen LogP) is 2.00. The smallest absolute Gasteiger partial charge is 0.316 e. The lowest BCUT2D eigenvalue weighted by Gasteiger charge is -2.14. The second-order valence-corrected chi connectivity index (χ2v) is 6.16. The zero-order chi connectivity index (χ0) is 15.6. The van der Waals surface area contributed by atoms with Crippen molar-refractivity contribution in [3.8, 4) is 11.8 Å². The van der Waals surface area contributed by atoms with E-state index < -0.39 is 0 Å². The van der Waals surface area contributed by atoms with Crippen molar-refractivity contribution >= 4 is 0 Å². The summed E-state index contributed by atoms with van der Waals surface area (Å²) in [7, 11) is 1.59. The second-order valence-electron chi connectivity index (χ2n) is 6.16. The van der Waals surface area contributed by atoms with Crippen LogP contribution in [0.15, 0.2) is 23.0 Å². The van der Waals surface area contributed by atoms with Gasteiger partial charge in [0.2, 0.25) is 0 Å². The van der Waals surface area contributed by atoms with Crippen molar-refractivity contribution in [2.24, 2.45) is 0 Å². The molecule has 0 bridgehead atoms. The monoisotopic (exact) mass is 316 g/mol. The van der Waals surface area contributed by atoms with Crippen LogP contribution in [0.2, 0.25) is 0 Å². The van der Waals surface area contributed by atoms with E-state index in [-0.39, 0.29) is 6.10 Å². The molecule has 2 fully saturated rings. The Morgan fingerprint density at radius 2 is 2.09 bits per heavy atom. The van der Waals surface area contributed by atoms with E-state index in [1.54, 1.807) is 19.5 Å². The van der Waals surface area contributed by atoms with Crippen molar-refractivity contribution in [3.05, 3.63) is 29.9 Å². The minimum absolute atomic E-state index is 0.109. The minimum atomic E-state index is 0.109. The Morgan fingerprint density at radius 3 is 2.83 bits per heavy atom. The van der Waals surface area contributed by atoms with E-state index in [1.165, 1.54) is 12.8 Å². The molecule has 1 aliphatic carbocycles. The molecule has 1 aliphatic heterocycles. The molecule has 3 heterocycles. The van der Waals surface area contributed by atoms with Gasteiger partial charge in [0.05, 0.1) is 25.2 Å². The van der Waals surface area contributed by atoms with E-state index in [9.17, 15) is 0 Å². The standard InChI is InChI=1S/C16H20N4O3/c1-21-14-7-17-16(18-8-14)22-13-4-5-20(10-13)9-12-6-15(23-19-12)11-2-3-11/h6-8,11,13H,2-5,9-10H2,1H3. The fourth-order valence-corrected chi connectivity index (χ4v) is 2.85. The van der Waals surface area contributed by atoms with Crippen LogP contribution in [-0.2, 0) is 6.54 Å².